The highest BCUT2D eigenvalue weighted by Gasteiger charge is 2.56. The third kappa shape index (κ3) is 0.695. The van der Waals surface area contributed by atoms with Crippen LogP contribution in [0.2, 0.25) is 0 Å². The van der Waals surface area contributed by atoms with Crippen molar-refractivity contribution in [1.29, 1.82) is 0 Å². The summed E-state index contributed by atoms with van der Waals surface area (Å²) < 4.78 is 11.4. The van der Waals surface area contributed by atoms with Crippen molar-refractivity contribution in [2.45, 2.75) is 31.5 Å². The van der Waals surface area contributed by atoms with Gasteiger partial charge in [0.15, 0.2) is 5.79 Å². The van der Waals surface area contributed by atoms with Gasteiger partial charge >= 0.3 is 0 Å². The number of rotatable bonds is 0. The molecule has 0 aromatic heterocycles. The molecule has 0 radical (unpaired) electrons. The zero-order valence-corrected chi connectivity index (χ0v) is 6.71. The lowest BCUT2D eigenvalue weighted by Crippen LogP contribution is -2.41. The highest BCUT2D eigenvalue weighted by atomic mass is 16.7. The predicted molar refractivity (Wildman–Crippen MR) is 40.1 cm³/mol. The smallest absolute Gasteiger partial charge is 0.171 e. The van der Waals surface area contributed by atoms with E-state index in [9.17, 15) is 0 Å². The highest BCUT2D eigenvalue weighted by Crippen LogP contribution is 2.55. The van der Waals surface area contributed by atoms with Crippen LogP contribution in [0.25, 0.3) is 0 Å². The van der Waals surface area contributed by atoms with Crippen molar-refractivity contribution in [2.75, 3.05) is 13.2 Å². The van der Waals surface area contributed by atoms with E-state index < -0.39 is 0 Å². The van der Waals surface area contributed by atoms with Gasteiger partial charge in [-0.05, 0) is 25.2 Å². The van der Waals surface area contributed by atoms with Gasteiger partial charge in [0, 0.05) is 12.3 Å². The van der Waals surface area contributed by atoms with Crippen LogP contribution in [0.5, 0.6) is 0 Å². The third-order valence-electron chi connectivity index (χ3n) is 3.62. The molecule has 3 rings (SSSR count). The summed E-state index contributed by atoms with van der Waals surface area (Å²) in [4.78, 5) is 0. The molecule has 2 unspecified atom stereocenters. The molecule has 62 valence electrons. The van der Waals surface area contributed by atoms with Crippen molar-refractivity contribution < 1.29 is 9.47 Å². The SMILES string of the molecule is C1COC2(CCC3CCC32)O1. The molecule has 1 aliphatic heterocycles. The zero-order chi connectivity index (χ0) is 7.31. The summed E-state index contributed by atoms with van der Waals surface area (Å²) in [6.45, 7) is 1.65. The number of ether oxygens (including phenoxy) is 2. The van der Waals surface area contributed by atoms with E-state index in [-0.39, 0.29) is 5.79 Å². The Bertz CT molecular complexity index is 172. The summed E-state index contributed by atoms with van der Waals surface area (Å²) in [5.41, 5.74) is 0. The van der Waals surface area contributed by atoms with Crippen LogP contribution in [0.4, 0.5) is 0 Å². The molecule has 1 saturated heterocycles. The van der Waals surface area contributed by atoms with E-state index in [1.54, 1.807) is 0 Å². The molecule has 0 aromatic carbocycles. The first-order valence-corrected chi connectivity index (χ1v) is 4.69. The first kappa shape index (κ1) is 6.44. The van der Waals surface area contributed by atoms with E-state index >= 15 is 0 Å². The first-order valence-electron chi connectivity index (χ1n) is 4.69. The van der Waals surface area contributed by atoms with Crippen molar-refractivity contribution >= 4 is 0 Å². The average molecular weight is 154 g/mol. The molecule has 1 spiro atoms. The Balaban J connectivity index is 1.86. The second kappa shape index (κ2) is 1.99. The van der Waals surface area contributed by atoms with Gasteiger partial charge in [0.2, 0.25) is 0 Å². The van der Waals surface area contributed by atoms with Crippen molar-refractivity contribution in [3.05, 3.63) is 0 Å². The van der Waals surface area contributed by atoms with Crippen molar-refractivity contribution in [2.24, 2.45) is 11.8 Å². The Labute approximate surface area is 66.9 Å². The van der Waals surface area contributed by atoms with E-state index in [1.807, 2.05) is 0 Å². The number of fused-ring (bicyclic) bond motifs is 2. The van der Waals surface area contributed by atoms with Crippen LogP contribution in [0.3, 0.4) is 0 Å². The lowest BCUT2D eigenvalue weighted by atomic mass is 9.74. The molecule has 1 heterocycles. The van der Waals surface area contributed by atoms with Gasteiger partial charge in [-0.2, -0.15) is 0 Å². The van der Waals surface area contributed by atoms with Crippen LogP contribution in [-0.4, -0.2) is 19.0 Å². The molecule has 3 fully saturated rings. The van der Waals surface area contributed by atoms with Gasteiger partial charge in [0.25, 0.3) is 0 Å². The molecule has 2 nitrogen and oxygen atoms in total. The highest BCUT2D eigenvalue weighted by molar-refractivity contribution is 4.99. The van der Waals surface area contributed by atoms with E-state index in [1.165, 1.54) is 19.3 Å². The fourth-order valence-electron chi connectivity index (χ4n) is 2.89. The maximum absolute atomic E-state index is 5.71. The van der Waals surface area contributed by atoms with Gasteiger partial charge in [0.1, 0.15) is 0 Å². The average Bonchev–Trinajstić information content (AvgIpc) is 2.43. The van der Waals surface area contributed by atoms with Crippen LogP contribution in [0, 0.1) is 11.8 Å². The van der Waals surface area contributed by atoms with Gasteiger partial charge in [-0.15, -0.1) is 0 Å². The van der Waals surface area contributed by atoms with E-state index in [0.717, 1.165) is 31.5 Å². The van der Waals surface area contributed by atoms with E-state index in [4.69, 9.17) is 9.47 Å². The molecule has 0 aromatic rings. The van der Waals surface area contributed by atoms with Crippen molar-refractivity contribution in [1.82, 2.24) is 0 Å². The van der Waals surface area contributed by atoms with Crippen LogP contribution in [-0.2, 0) is 9.47 Å². The Morgan fingerprint density at radius 2 is 1.82 bits per heavy atom. The lowest BCUT2D eigenvalue weighted by Gasteiger charge is -2.38. The Morgan fingerprint density at radius 1 is 1.00 bits per heavy atom. The summed E-state index contributed by atoms with van der Waals surface area (Å²) in [5.74, 6) is 1.60. The fraction of sp³-hybridized carbons (Fsp3) is 1.00. The second-order valence-corrected chi connectivity index (χ2v) is 3.99. The van der Waals surface area contributed by atoms with Gasteiger partial charge in [-0.3, -0.25) is 0 Å². The monoisotopic (exact) mass is 154 g/mol. The largest absolute Gasteiger partial charge is 0.347 e. The molecule has 2 atom stereocenters. The molecule has 0 bridgehead atoms. The van der Waals surface area contributed by atoms with Crippen LogP contribution >= 0.6 is 0 Å². The second-order valence-electron chi connectivity index (χ2n) is 3.99. The molecular formula is C9H14O2. The first-order chi connectivity index (χ1) is 5.41. The number of hydrogen-bond acceptors (Lipinski definition) is 2. The minimum atomic E-state index is -0.0943. The molecule has 2 aliphatic carbocycles. The minimum Gasteiger partial charge on any atom is -0.347 e. The molecule has 2 heteroatoms. The minimum absolute atomic E-state index is 0.0943. The Kier molecular flexibility index (Phi) is 1.16. The summed E-state index contributed by atoms with van der Waals surface area (Å²) in [6.07, 6.45) is 5.25. The normalized spacial score (nSPS) is 45.8. The van der Waals surface area contributed by atoms with Crippen molar-refractivity contribution in [3.8, 4) is 0 Å². The maximum Gasteiger partial charge on any atom is 0.171 e. The van der Waals surface area contributed by atoms with Crippen LogP contribution < -0.4 is 0 Å². The van der Waals surface area contributed by atoms with Crippen molar-refractivity contribution in [3.63, 3.8) is 0 Å². The van der Waals surface area contributed by atoms with Gasteiger partial charge in [0.05, 0.1) is 13.2 Å². The van der Waals surface area contributed by atoms with Gasteiger partial charge in [-0.1, -0.05) is 0 Å². The van der Waals surface area contributed by atoms with E-state index in [0.29, 0.717) is 0 Å². The maximum atomic E-state index is 5.71. The molecule has 0 amide bonds. The van der Waals surface area contributed by atoms with E-state index in [2.05, 4.69) is 0 Å². The fourth-order valence-corrected chi connectivity index (χ4v) is 2.89. The lowest BCUT2D eigenvalue weighted by molar-refractivity contribution is -0.200. The Morgan fingerprint density at radius 3 is 2.36 bits per heavy atom. The zero-order valence-electron chi connectivity index (χ0n) is 6.71. The molecular weight excluding hydrogens is 140 g/mol. The predicted octanol–water partition coefficient (Wildman–Crippen LogP) is 1.55. The number of hydrogen-bond donors (Lipinski definition) is 0. The molecule has 2 saturated carbocycles. The summed E-state index contributed by atoms with van der Waals surface area (Å²) >= 11 is 0. The summed E-state index contributed by atoms with van der Waals surface area (Å²) in [5, 5.41) is 0. The molecule has 11 heavy (non-hydrogen) atoms. The third-order valence-corrected chi connectivity index (χ3v) is 3.62. The van der Waals surface area contributed by atoms with Crippen LogP contribution in [0.1, 0.15) is 25.7 Å². The summed E-state index contributed by atoms with van der Waals surface area (Å²) in [7, 11) is 0. The Hall–Kier alpha value is -0.0800. The van der Waals surface area contributed by atoms with Gasteiger partial charge < -0.3 is 9.47 Å². The molecule has 3 aliphatic rings. The standard InChI is InChI=1S/C9H14O2/c1-2-8-7(1)3-4-9(8)10-5-6-11-9/h7-8H,1-6H2. The van der Waals surface area contributed by atoms with Crippen LogP contribution in [0.15, 0.2) is 0 Å². The topological polar surface area (TPSA) is 18.5 Å². The molecule has 0 N–H and O–H groups in total. The quantitative estimate of drug-likeness (QED) is 0.527. The van der Waals surface area contributed by atoms with Gasteiger partial charge in [-0.25, -0.2) is 0 Å². The summed E-state index contributed by atoms with van der Waals surface area (Å²) in [6, 6.07) is 0.